The predicted molar refractivity (Wildman–Crippen MR) is 87.2 cm³/mol. The van der Waals surface area contributed by atoms with Gasteiger partial charge in [0, 0.05) is 11.6 Å². The van der Waals surface area contributed by atoms with Crippen LogP contribution >= 0.6 is 0 Å². The van der Waals surface area contributed by atoms with E-state index in [9.17, 15) is 14.9 Å². The van der Waals surface area contributed by atoms with Gasteiger partial charge in [-0.05, 0) is 6.07 Å². The van der Waals surface area contributed by atoms with Crippen LogP contribution in [0.4, 0.5) is 5.69 Å². The molecule has 1 aromatic carbocycles. The van der Waals surface area contributed by atoms with Gasteiger partial charge in [-0.3, -0.25) is 5.10 Å². The Balaban J connectivity index is 2.31. The first kappa shape index (κ1) is 16.1. The number of nitriles is 1. The van der Waals surface area contributed by atoms with Gasteiger partial charge < -0.3 is 19.8 Å². The lowest BCUT2D eigenvalue weighted by Crippen LogP contribution is -2.11. The number of ether oxygens (including phenoxy) is 2. The molecule has 0 bridgehead atoms. The van der Waals surface area contributed by atoms with Gasteiger partial charge >= 0.3 is 11.9 Å². The molecule has 0 aliphatic rings. The number of nitrogens with two attached hydrogens (primary N) is 1. The van der Waals surface area contributed by atoms with Crippen LogP contribution in [0.25, 0.3) is 16.6 Å². The van der Waals surface area contributed by atoms with Crippen molar-refractivity contribution in [3.8, 4) is 11.8 Å². The number of esters is 2. The third kappa shape index (κ3) is 2.36. The lowest BCUT2D eigenvalue weighted by Gasteiger charge is -2.09. The number of nitrogens with zero attached hydrogens (tertiary/aromatic N) is 3. The van der Waals surface area contributed by atoms with Gasteiger partial charge in [0.25, 0.3) is 0 Å². The first-order valence-electron chi connectivity index (χ1n) is 7.08. The van der Waals surface area contributed by atoms with Gasteiger partial charge in [-0.1, -0.05) is 12.1 Å². The number of para-hydroxylation sites is 1. The van der Waals surface area contributed by atoms with Crippen molar-refractivity contribution in [1.29, 1.82) is 5.26 Å². The zero-order valence-corrected chi connectivity index (χ0v) is 13.4. The van der Waals surface area contributed by atoms with Crippen LogP contribution in [0.3, 0.4) is 0 Å². The highest BCUT2D eigenvalue weighted by Crippen LogP contribution is 2.29. The Morgan fingerprint density at radius 3 is 2.64 bits per heavy atom. The zero-order chi connectivity index (χ0) is 18.1. The Bertz CT molecular complexity index is 1040. The highest BCUT2D eigenvalue weighted by Gasteiger charge is 2.24. The molecular weight excluding hydrogens is 326 g/mol. The SMILES string of the molecule is COC(=O)c1[nH]nc2c(-n3cc(C#N)c(N)c3C(=O)OC)cccc12. The number of hydrogen-bond acceptors (Lipinski definition) is 7. The van der Waals surface area contributed by atoms with Crippen LogP contribution in [-0.2, 0) is 9.47 Å². The van der Waals surface area contributed by atoms with E-state index in [1.807, 2.05) is 6.07 Å². The molecule has 9 nitrogen and oxygen atoms in total. The third-order valence-corrected chi connectivity index (χ3v) is 3.76. The molecule has 3 aromatic rings. The Morgan fingerprint density at radius 1 is 1.28 bits per heavy atom. The number of rotatable bonds is 3. The number of carbonyl (C=O) groups is 2. The van der Waals surface area contributed by atoms with Crippen LogP contribution in [0, 0.1) is 11.3 Å². The Morgan fingerprint density at radius 2 is 2.00 bits per heavy atom. The number of fused-ring (bicyclic) bond motifs is 1. The van der Waals surface area contributed by atoms with E-state index in [1.54, 1.807) is 18.2 Å². The minimum atomic E-state index is -0.695. The molecule has 3 N–H and O–H groups in total. The summed E-state index contributed by atoms with van der Waals surface area (Å²) in [5.41, 5.74) is 7.09. The Hall–Kier alpha value is -3.80. The number of anilines is 1. The van der Waals surface area contributed by atoms with Gasteiger partial charge in [0.1, 0.15) is 11.6 Å². The van der Waals surface area contributed by atoms with Crippen molar-refractivity contribution in [1.82, 2.24) is 14.8 Å². The second kappa shape index (κ2) is 6.01. The number of hydrogen-bond donors (Lipinski definition) is 2. The highest BCUT2D eigenvalue weighted by atomic mass is 16.5. The molecule has 2 aromatic heterocycles. The summed E-state index contributed by atoms with van der Waals surface area (Å²) in [5.74, 6) is -1.27. The van der Waals surface area contributed by atoms with Crippen molar-refractivity contribution in [2.24, 2.45) is 0 Å². The maximum absolute atomic E-state index is 12.1. The molecule has 0 fully saturated rings. The molecular formula is C16H13N5O4. The minimum absolute atomic E-state index is 0.00849. The Labute approximate surface area is 141 Å². The second-order valence-electron chi connectivity index (χ2n) is 5.04. The number of nitrogens with one attached hydrogen (secondary N) is 1. The van der Waals surface area contributed by atoms with E-state index in [0.717, 1.165) is 0 Å². The van der Waals surface area contributed by atoms with Crippen LogP contribution in [-0.4, -0.2) is 40.9 Å². The predicted octanol–water partition coefficient (Wildman–Crippen LogP) is 1.38. The topological polar surface area (TPSA) is 136 Å². The van der Waals surface area contributed by atoms with Crippen molar-refractivity contribution < 1.29 is 19.1 Å². The Kier molecular flexibility index (Phi) is 3.86. The first-order chi connectivity index (χ1) is 12.0. The maximum atomic E-state index is 12.1. The number of methoxy groups -OCH3 is 2. The molecule has 25 heavy (non-hydrogen) atoms. The van der Waals surface area contributed by atoms with Crippen LogP contribution in [0.1, 0.15) is 26.5 Å². The fourth-order valence-electron chi connectivity index (χ4n) is 2.58. The van der Waals surface area contributed by atoms with Gasteiger partial charge in [0.05, 0.1) is 31.2 Å². The summed E-state index contributed by atoms with van der Waals surface area (Å²) < 4.78 is 10.9. The molecule has 0 radical (unpaired) electrons. The van der Waals surface area contributed by atoms with Crippen molar-refractivity contribution in [3.05, 3.63) is 41.3 Å². The minimum Gasteiger partial charge on any atom is -0.464 e. The van der Waals surface area contributed by atoms with E-state index in [-0.39, 0.29) is 22.6 Å². The average Bonchev–Trinajstić information content (AvgIpc) is 3.21. The quantitative estimate of drug-likeness (QED) is 0.688. The summed E-state index contributed by atoms with van der Waals surface area (Å²) in [6.07, 6.45) is 1.42. The van der Waals surface area contributed by atoms with Gasteiger partial charge in [-0.25, -0.2) is 9.59 Å². The lowest BCUT2D eigenvalue weighted by atomic mass is 10.1. The van der Waals surface area contributed by atoms with Crippen molar-refractivity contribution in [2.45, 2.75) is 0 Å². The first-order valence-corrected chi connectivity index (χ1v) is 7.08. The van der Waals surface area contributed by atoms with Crippen molar-refractivity contribution in [2.75, 3.05) is 20.0 Å². The largest absolute Gasteiger partial charge is 0.464 e. The summed E-state index contributed by atoms with van der Waals surface area (Å²) in [5, 5.41) is 16.5. The number of aromatic amines is 1. The molecule has 0 spiro atoms. The molecule has 0 saturated heterocycles. The monoisotopic (exact) mass is 339 g/mol. The van der Waals surface area contributed by atoms with Gasteiger partial charge in [0.15, 0.2) is 11.4 Å². The average molecular weight is 339 g/mol. The van der Waals surface area contributed by atoms with E-state index in [0.29, 0.717) is 16.6 Å². The number of benzene rings is 1. The molecule has 2 heterocycles. The van der Waals surface area contributed by atoms with Gasteiger partial charge in [-0.15, -0.1) is 0 Å². The standard InChI is InChI=1S/C16H13N5O4/c1-24-15(22)13-9-4-3-5-10(12(9)19-20-13)21-7-8(6-17)11(18)14(21)16(23)25-2/h3-5,7H,18H2,1-2H3,(H,19,20). The zero-order valence-electron chi connectivity index (χ0n) is 13.4. The van der Waals surface area contributed by atoms with Crippen LogP contribution in [0.15, 0.2) is 24.4 Å². The number of carbonyl (C=O) groups excluding carboxylic acids is 2. The second-order valence-corrected chi connectivity index (χ2v) is 5.04. The normalized spacial score (nSPS) is 10.4. The van der Waals surface area contributed by atoms with E-state index in [4.69, 9.17) is 15.2 Å². The summed E-state index contributed by atoms with van der Waals surface area (Å²) in [6, 6.07) is 6.98. The number of nitrogen functional groups attached to an aromatic ring is 1. The lowest BCUT2D eigenvalue weighted by molar-refractivity contribution is 0.0585. The smallest absolute Gasteiger partial charge is 0.357 e. The van der Waals surface area contributed by atoms with E-state index >= 15 is 0 Å². The van der Waals surface area contributed by atoms with Gasteiger partial charge in [0.2, 0.25) is 0 Å². The third-order valence-electron chi connectivity index (χ3n) is 3.76. The summed E-state index contributed by atoms with van der Waals surface area (Å²) in [6.45, 7) is 0. The molecule has 126 valence electrons. The molecule has 0 aliphatic carbocycles. The molecule has 0 amide bonds. The number of aromatic nitrogens is 3. The highest BCUT2D eigenvalue weighted by molar-refractivity contribution is 6.04. The maximum Gasteiger partial charge on any atom is 0.357 e. The van der Waals surface area contributed by atoms with Crippen molar-refractivity contribution >= 4 is 28.5 Å². The van der Waals surface area contributed by atoms with E-state index < -0.39 is 11.9 Å². The molecule has 3 rings (SSSR count). The van der Waals surface area contributed by atoms with Crippen molar-refractivity contribution in [3.63, 3.8) is 0 Å². The van der Waals surface area contributed by atoms with Crippen LogP contribution in [0.5, 0.6) is 0 Å². The van der Waals surface area contributed by atoms with Gasteiger partial charge in [-0.2, -0.15) is 10.4 Å². The molecule has 9 heteroatoms. The molecule has 0 aliphatic heterocycles. The fraction of sp³-hybridized carbons (Fsp3) is 0.125. The molecule has 0 unspecified atom stereocenters. The fourth-order valence-corrected chi connectivity index (χ4v) is 2.58. The summed E-state index contributed by atoms with van der Waals surface area (Å²) in [4.78, 5) is 23.9. The van der Waals surface area contributed by atoms with E-state index in [2.05, 4.69) is 10.2 Å². The summed E-state index contributed by atoms with van der Waals surface area (Å²) >= 11 is 0. The molecule has 0 saturated carbocycles. The number of H-pyrrole nitrogens is 1. The van der Waals surface area contributed by atoms with Crippen LogP contribution < -0.4 is 5.73 Å². The summed E-state index contributed by atoms with van der Waals surface area (Å²) in [7, 11) is 2.48. The van der Waals surface area contributed by atoms with Crippen LogP contribution in [0.2, 0.25) is 0 Å². The van der Waals surface area contributed by atoms with E-state index in [1.165, 1.54) is 25.0 Å². The molecule has 0 atom stereocenters.